The van der Waals surface area contributed by atoms with Gasteiger partial charge in [0.2, 0.25) is 10.0 Å². The van der Waals surface area contributed by atoms with Crippen LogP contribution in [0.5, 0.6) is 0 Å². The monoisotopic (exact) mass is 414 g/mol. The largest absolute Gasteiger partial charge is 0.464 e. The highest BCUT2D eigenvalue weighted by molar-refractivity contribution is 7.88. The maximum absolute atomic E-state index is 11.7. The number of piperidine rings is 1. The van der Waals surface area contributed by atoms with E-state index in [1.165, 1.54) is 11.8 Å². The molecule has 0 saturated carbocycles. The number of sulfonamides is 1. The molecule has 0 aliphatic carbocycles. The molecule has 1 fully saturated rings. The van der Waals surface area contributed by atoms with Crippen molar-refractivity contribution < 1.29 is 12.8 Å². The normalized spacial score (nSPS) is 17.9. The lowest BCUT2D eigenvalue weighted by molar-refractivity contribution is 0.152. The van der Waals surface area contributed by atoms with Crippen molar-refractivity contribution in [1.82, 2.24) is 9.21 Å². The van der Waals surface area contributed by atoms with Crippen molar-refractivity contribution in [2.75, 3.05) is 32.4 Å². The summed E-state index contributed by atoms with van der Waals surface area (Å²) in [6.45, 7) is 7.87. The van der Waals surface area contributed by atoms with Crippen molar-refractivity contribution in [3.05, 3.63) is 36.1 Å². The minimum atomic E-state index is -3.04. The van der Waals surface area contributed by atoms with Crippen molar-refractivity contribution in [1.29, 1.82) is 0 Å². The van der Waals surface area contributed by atoms with Crippen LogP contribution in [0.25, 0.3) is 11.0 Å². The third-order valence-corrected chi connectivity index (χ3v) is 6.92. The van der Waals surface area contributed by atoms with E-state index in [9.17, 15) is 8.42 Å². The predicted molar refractivity (Wildman–Crippen MR) is 113 cm³/mol. The second-order valence-corrected chi connectivity index (χ2v) is 9.52. The Hall–Kier alpha value is -1.08. The molecule has 2 aromatic rings. The molecule has 1 aliphatic rings. The average molecular weight is 415 g/mol. The molecule has 0 N–H and O–H groups in total. The molecule has 1 saturated heterocycles. The molecule has 0 amide bonds. The maximum atomic E-state index is 11.7. The molecule has 1 atom stereocenters. The van der Waals surface area contributed by atoms with E-state index in [2.05, 4.69) is 36.9 Å². The molecule has 27 heavy (non-hydrogen) atoms. The molecule has 0 spiro atoms. The van der Waals surface area contributed by atoms with E-state index in [0.29, 0.717) is 25.0 Å². The van der Waals surface area contributed by atoms with Gasteiger partial charge in [-0.3, -0.25) is 0 Å². The molecule has 1 aliphatic heterocycles. The first-order chi connectivity index (χ1) is 12.4. The third kappa shape index (κ3) is 5.70. The van der Waals surface area contributed by atoms with Gasteiger partial charge in [-0.05, 0) is 62.4 Å². The summed E-state index contributed by atoms with van der Waals surface area (Å²) < 4.78 is 30.4. The number of nitrogens with zero attached hydrogens (tertiary/aromatic N) is 2. The zero-order valence-electron chi connectivity index (χ0n) is 16.4. The molecule has 5 nitrogen and oxygen atoms in total. The average Bonchev–Trinajstić information content (AvgIpc) is 3.07. The Labute approximate surface area is 169 Å². The predicted octanol–water partition coefficient (Wildman–Crippen LogP) is 3.78. The van der Waals surface area contributed by atoms with Gasteiger partial charge in [0.15, 0.2) is 0 Å². The molecule has 1 aromatic carbocycles. The number of hydrogen-bond acceptors (Lipinski definition) is 4. The van der Waals surface area contributed by atoms with Crippen LogP contribution in [-0.2, 0) is 16.4 Å². The van der Waals surface area contributed by atoms with E-state index in [4.69, 9.17) is 4.42 Å². The van der Waals surface area contributed by atoms with Gasteiger partial charge in [-0.1, -0.05) is 13.0 Å². The topological polar surface area (TPSA) is 53.8 Å². The van der Waals surface area contributed by atoms with Gasteiger partial charge < -0.3 is 9.32 Å². The smallest absolute Gasteiger partial charge is 0.211 e. The Kier molecular flexibility index (Phi) is 7.74. The summed E-state index contributed by atoms with van der Waals surface area (Å²) in [6, 6.07) is 8.89. The van der Waals surface area contributed by atoms with Gasteiger partial charge in [-0.2, -0.15) is 0 Å². The molecule has 152 valence electrons. The van der Waals surface area contributed by atoms with E-state index in [1.807, 2.05) is 6.07 Å². The molecule has 7 heteroatoms. The van der Waals surface area contributed by atoms with Crippen LogP contribution in [0.4, 0.5) is 0 Å². The van der Waals surface area contributed by atoms with Crippen molar-refractivity contribution in [3.63, 3.8) is 0 Å². The minimum absolute atomic E-state index is 0. The zero-order chi connectivity index (χ0) is 18.7. The zero-order valence-corrected chi connectivity index (χ0v) is 18.1. The molecule has 0 bridgehead atoms. The van der Waals surface area contributed by atoms with Crippen molar-refractivity contribution in [2.24, 2.45) is 5.92 Å². The van der Waals surface area contributed by atoms with Gasteiger partial charge in [0.1, 0.15) is 5.58 Å². The van der Waals surface area contributed by atoms with Crippen LogP contribution in [-0.4, -0.2) is 56.1 Å². The highest BCUT2D eigenvalue weighted by Gasteiger charge is 2.26. The number of likely N-dealkylation sites (N-methyl/N-ethyl adjacent to an activating group) is 1. The van der Waals surface area contributed by atoms with Crippen LogP contribution >= 0.6 is 12.4 Å². The molecule has 2 heterocycles. The van der Waals surface area contributed by atoms with Crippen LogP contribution in [0.3, 0.4) is 0 Å². The quantitative estimate of drug-likeness (QED) is 0.691. The molecule has 1 aromatic heterocycles. The number of rotatable bonds is 7. The first-order valence-corrected chi connectivity index (χ1v) is 11.4. The third-order valence-electron chi connectivity index (χ3n) is 5.61. The van der Waals surface area contributed by atoms with E-state index in [1.54, 1.807) is 10.6 Å². The minimum Gasteiger partial charge on any atom is -0.464 e. The molecule has 1 unspecified atom stereocenters. The summed E-state index contributed by atoms with van der Waals surface area (Å²) in [4.78, 5) is 2.53. The van der Waals surface area contributed by atoms with Crippen molar-refractivity contribution in [3.8, 4) is 0 Å². The Morgan fingerprint density at radius 3 is 2.59 bits per heavy atom. The number of fused-ring (bicyclic) bond motifs is 1. The summed E-state index contributed by atoms with van der Waals surface area (Å²) in [5.41, 5.74) is 2.27. The Balaban J connectivity index is 0.00000261. The van der Waals surface area contributed by atoms with E-state index in [0.717, 1.165) is 43.3 Å². The van der Waals surface area contributed by atoms with Gasteiger partial charge in [0, 0.05) is 31.1 Å². The lowest BCUT2D eigenvalue weighted by Crippen LogP contribution is -2.43. The van der Waals surface area contributed by atoms with Crippen LogP contribution in [0.1, 0.15) is 32.3 Å². The van der Waals surface area contributed by atoms with Crippen molar-refractivity contribution in [2.45, 2.75) is 39.2 Å². The van der Waals surface area contributed by atoms with Gasteiger partial charge in [-0.15, -0.1) is 12.4 Å². The summed E-state index contributed by atoms with van der Waals surface area (Å²) in [6.07, 6.45) is 5.97. The molecule has 3 rings (SSSR count). The SMILES string of the molecule is CCN(CC1CCN(S(C)(=O)=O)CC1)C(C)Cc1ccc2occc2c1.Cl. The fraction of sp³-hybridized carbons (Fsp3) is 0.600. The standard InChI is InChI=1S/C20H30N2O3S.ClH/c1-4-21(15-17-7-10-22(11-8-17)26(3,23)24)16(2)13-18-5-6-20-19(14-18)9-12-25-20;/h5-6,9,12,14,16-17H,4,7-8,10-11,13,15H2,1-3H3;1H. The van der Waals surface area contributed by atoms with E-state index < -0.39 is 10.0 Å². The van der Waals surface area contributed by atoms with Crippen LogP contribution in [0, 0.1) is 5.92 Å². The van der Waals surface area contributed by atoms with Crippen molar-refractivity contribution >= 4 is 33.4 Å². The van der Waals surface area contributed by atoms with E-state index in [-0.39, 0.29) is 12.4 Å². The van der Waals surface area contributed by atoms with Crippen LogP contribution < -0.4 is 0 Å². The summed E-state index contributed by atoms with van der Waals surface area (Å²) in [5.74, 6) is 0.576. The molecular formula is C20H31ClN2O3S. The number of benzene rings is 1. The maximum Gasteiger partial charge on any atom is 0.211 e. The van der Waals surface area contributed by atoms with Gasteiger partial charge in [-0.25, -0.2) is 12.7 Å². The Morgan fingerprint density at radius 2 is 1.96 bits per heavy atom. The van der Waals surface area contributed by atoms with Gasteiger partial charge in [0.25, 0.3) is 0 Å². The van der Waals surface area contributed by atoms with Gasteiger partial charge in [0.05, 0.1) is 12.5 Å². The van der Waals surface area contributed by atoms with Crippen LogP contribution in [0.2, 0.25) is 0 Å². The first kappa shape index (κ1) is 22.2. The Bertz CT molecular complexity index is 829. The van der Waals surface area contributed by atoms with Gasteiger partial charge >= 0.3 is 0 Å². The second kappa shape index (κ2) is 9.41. The molecule has 0 radical (unpaired) electrons. The first-order valence-electron chi connectivity index (χ1n) is 9.52. The number of halogens is 1. The van der Waals surface area contributed by atoms with Crippen LogP contribution in [0.15, 0.2) is 34.9 Å². The number of furan rings is 1. The number of hydrogen-bond donors (Lipinski definition) is 0. The fourth-order valence-corrected chi connectivity index (χ4v) is 4.86. The fourth-order valence-electron chi connectivity index (χ4n) is 3.99. The highest BCUT2D eigenvalue weighted by atomic mass is 35.5. The summed E-state index contributed by atoms with van der Waals surface area (Å²) in [5, 5.41) is 1.16. The van der Waals surface area contributed by atoms with E-state index >= 15 is 0 Å². The lowest BCUT2D eigenvalue weighted by Gasteiger charge is -2.36. The molecular weight excluding hydrogens is 384 g/mol. The highest BCUT2D eigenvalue weighted by Crippen LogP contribution is 2.23. The lowest BCUT2D eigenvalue weighted by atomic mass is 9.96. The Morgan fingerprint density at radius 1 is 1.26 bits per heavy atom. The summed E-state index contributed by atoms with van der Waals surface area (Å²) in [7, 11) is -3.04. The summed E-state index contributed by atoms with van der Waals surface area (Å²) >= 11 is 0. The second-order valence-electron chi connectivity index (χ2n) is 7.54.